The average Bonchev–Trinajstić information content (AvgIpc) is 3.35. The van der Waals surface area contributed by atoms with E-state index in [0.29, 0.717) is 22.2 Å². The Hall–Kier alpha value is -4.11. The summed E-state index contributed by atoms with van der Waals surface area (Å²) in [6, 6.07) is 9.55. The summed E-state index contributed by atoms with van der Waals surface area (Å²) in [6.45, 7) is 5.44. The molecule has 0 bridgehead atoms. The summed E-state index contributed by atoms with van der Waals surface area (Å²) in [5.74, 6) is -2.14. The van der Waals surface area contributed by atoms with Crippen molar-refractivity contribution in [2.75, 3.05) is 19.0 Å². The normalized spacial score (nSPS) is 14.4. The minimum Gasteiger partial charge on any atom is -0.465 e. The fraction of sp³-hybridized carbons (Fsp3) is 0.167. The van der Waals surface area contributed by atoms with Gasteiger partial charge in [-0.2, -0.15) is 0 Å². The maximum absolute atomic E-state index is 12.8. The predicted molar refractivity (Wildman–Crippen MR) is 125 cm³/mol. The molecule has 0 unspecified atom stereocenters. The first-order chi connectivity index (χ1) is 16.2. The van der Waals surface area contributed by atoms with Crippen molar-refractivity contribution >= 4 is 47.1 Å². The summed E-state index contributed by atoms with van der Waals surface area (Å²) in [6.07, 6.45) is 2.98. The highest BCUT2D eigenvalue weighted by atomic mass is 35.5. The molecule has 3 rings (SSSR count). The van der Waals surface area contributed by atoms with E-state index >= 15 is 0 Å². The molecular formula is C24H22ClN3O6. The van der Waals surface area contributed by atoms with Crippen LogP contribution in [0.25, 0.3) is 6.08 Å². The van der Waals surface area contributed by atoms with Crippen molar-refractivity contribution in [1.29, 1.82) is 0 Å². The van der Waals surface area contributed by atoms with Crippen LogP contribution in [0.4, 0.5) is 5.69 Å². The molecule has 0 radical (unpaired) electrons. The second kappa shape index (κ2) is 10.7. The summed E-state index contributed by atoms with van der Waals surface area (Å²) >= 11 is 5.86. The monoisotopic (exact) mass is 483 g/mol. The molecule has 1 aromatic heterocycles. The Labute approximate surface area is 200 Å². The fourth-order valence-corrected chi connectivity index (χ4v) is 3.48. The number of ether oxygens (including phenoxy) is 1. The average molecular weight is 484 g/mol. The minimum absolute atomic E-state index is 0.0692. The number of methoxy groups -OCH3 is 1. The molecule has 1 aromatic carbocycles. The Bertz CT molecular complexity index is 1230. The van der Waals surface area contributed by atoms with E-state index in [-0.39, 0.29) is 35.9 Å². The van der Waals surface area contributed by atoms with Gasteiger partial charge in [0.1, 0.15) is 11.5 Å². The van der Waals surface area contributed by atoms with Crippen molar-refractivity contribution < 1.29 is 28.3 Å². The first-order valence-corrected chi connectivity index (χ1v) is 10.5. The zero-order valence-corrected chi connectivity index (χ0v) is 19.3. The fourth-order valence-electron chi connectivity index (χ4n) is 3.29. The summed E-state index contributed by atoms with van der Waals surface area (Å²) in [5, 5.41) is 5.31. The Balaban J connectivity index is 1.69. The highest BCUT2D eigenvalue weighted by molar-refractivity contribution is 6.39. The molecule has 0 aliphatic carbocycles. The lowest BCUT2D eigenvalue weighted by Gasteiger charge is -2.14. The topological polar surface area (TPSA) is 118 Å². The molecule has 3 amide bonds. The van der Waals surface area contributed by atoms with Crippen molar-refractivity contribution in [2.45, 2.75) is 13.5 Å². The minimum atomic E-state index is -0.867. The van der Waals surface area contributed by atoms with E-state index in [1.165, 1.54) is 24.2 Å². The summed E-state index contributed by atoms with van der Waals surface area (Å²) < 4.78 is 10.5. The van der Waals surface area contributed by atoms with Crippen molar-refractivity contribution in [1.82, 2.24) is 10.2 Å². The number of nitrogens with zero attached hydrogens (tertiary/aromatic N) is 1. The van der Waals surface area contributed by atoms with Gasteiger partial charge in [0.25, 0.3) is 5.91 Å². The van der Waals surface area contributed by atoms with Crippen LogP contribution in [-0.2, 0) is 30.5 Å². The van der Waals surface area contributed by atoms with Gasteiger partial charge in [0, 0.05) is 23.0 Å². The number of rotatable bonds is 7. The molecule has 0 spiro atoms. The first kappa shape index (κ1) is 24.5. The molecule has 1 aliphatic heterocycles. The SMILES string of the molecule is C=CCN1C(=O)/C(=C/c2ccc(CNC(=O)C(=O)Nc3cccc(Cl)c3)o2)C(C(=O)OC)=C1C. The highest BCUT2D eigenvalue weighted by Gasteiger charge is 2.36. The van der Waals surface area contributed by atoms with Crippen molar-refractivity contribution in [2.24, 2.45) is 0 Å². The molecule has 9 nitrogen and oxygen atoms in total. The van der Waals surface area contributed by atoms with Gasteiger partial charge in [-0.05, 0) is 43.3 Å². The lowest BCUT2D eigenvalue weighted by atomic mass is 10.1. The molecule has 1 aliphatic rings. The molecule has 2 N–H and O–H groups in total. The molecule has 0 fully saturated rings. The van der Waals surface area contributed by atoms with Gasteiger partial charge in [0.15, 0.2) is 0 Å². The standard InChI is InChI=1S/C24H22ClN3O6/c1-4-10-28-14(2)20(24(32)33-3)19(23(28)31)12-17-8-9-18(34-17)13-26-21(29)22(30)27-16-7-5-6-15(25)11-16/h4-9,11-12H,1,10,13H2,2-3H3,(H,26,29)(H,27,30)/b19-12+. The third-order valence-electron chi connectivity index (χ3n) is 4.89. The number of anilines is 1. The molecular weight excluding hydrogens is 462 g/mol. The number of carbonyl (C=O) groups is 4. The second-order valence-corrected chi connectivity index (χ2v) is 7.60. The number of amides is 3. The number of benzene rings is 1. The van der Waals surface area contributed by atoms with Crippen LogP contribution in [-0.4, -0.2) is 42.2 Å². The van der Waals surface area contributed by atoms with Gasteiger partial charge in [-0.25, -0.2) is 4.79 Å². The van der Waals surface area contributed by atoms with Gasteiger partial charge in [-0.15, -0.1) is 6.58 Å². The number of hydrogen-bond acceptors (Lipinski definition) is 6. The van der Waals surface area contributed by atoms with Gasteiger partial charge >= 0.3 is 17.8 Å². The van der Waals surface area contributed by atoms with E-state index in [2.05, 4.69) is 17.2 Å². The van der Waals surface area contributed by atoms with Crippen LogP contribution in [0.1, 0.15) is 18.4 Å². The largest absolute Gasteiger partial charge is 0.465 e. The Morgan fingerprint density at radius 3 is 2.65 bits per heavy atom. The first-order valence-electron chi connectivity index (χ1n) is 10.1. The van der Waals surface area contributed by atoms with Gasteiger partial charge in [-0.3, -0.25) is 14.4 Å². The smallest absolute Gasteiger partial charge is 0.340 e. The van der Waals surface area contributed by atoms with Gasteiger partial charge < -0.3 is 24.7 Å². The summed E-state index contributed by atoms with van der Waals surface area (Å²) in [5.41, 5.74) is 1.10. The van der Waals surface area contributed by atoms with Gasteiger partial charge in [-0.1, -0.05) is 23.7 Å². The molecule has 0 atom stereocenters. The van der Waals surface area contributed by atoms with E-state index in [1.807, 2.05) is 0 Å². The maximum Gasteiger partial charge on any atom is 0.340 e. The Kier molecular flexibility index (Phi) is 7.70. The Morgan fingerprint density at radius 2 is 1.97 bits per heavy atom. The molecule has 176 valence electrons. The van der Waals surface area contributed by atoms with Crippen molar-refractivity contribution in [3.63, 3.8) is 0 Å². The van der Waals surface area contributed by atoms with E-state index in [9.17, 15) is 19.2 Å². The number of hydrogen-bond donors (Lipinski definition) is 2. The van der Waals surface area contributed by atoms with Crippen LogP contribution in [0.5, 0.6) is 0 Å². The molecule has 10 heteroatoms. The van der Waals surface area contributed by atoms with Crippen LogP contribution >= 0.6 is 11.6 Å². The molecule has 2 heterocycles. The number of furan rings is 1. The Morgan fingerprint density at radius 1 is 1.21 bits per heavy atom. The summed E-state index contributed by atoms with van der Waals surface area (Å²) in [4.78, 5) is 50.6. The highest BCUT2D eigenvalue weighted by Crippen LogP contribution is 2.31. The van der Waals surface area contributed by atoms with Crippen LogP contribution in [0.3, 0.4) is 0 Å². The molecule has 34 heavy (non-hydrogen) atoms. The van der Waals surface area contributed by atoms with Gasteiger partial charge in [0.2, 0.25) is 0 Å². The van der Waals surface area contributed by atoms with Crippen LogP contribution in [0.2, 0.25) is 5.02 Å². The molecule has 0 saturated carbocycles. The third-order valence-corrected chi connectivity index (χ3v) is 5.13. The number of nitrogens with one attached hydrogen (secondary N) is 2. The van der Waals surface area contributed by atoms with Crippen LogP contribution < -0.4 is 10.6 Å². The number of carbonyl (C=O) groups excluding carboxylic acids is 4. The molecule has 2 aromatic rings. The van der Waals surface area contributed by atoms with Crippen molar-refractivity contribution in [3.8, 4) is 0 Å². The summed E-state index contributed by atoms with van der Waals surface area (Å²) in [7, 11) is 1.23. The second-order valence-electron chi connectivity index (χ2n) is 7.17. The zero-order chi connectivity index (χ0) is 24.8. The lowest BCUT2D eigenvalue weighted by molar-refractivity contribution is -0.136. The predicted octanol–water partition coefficient (Wildman–Crippen LogP) is 3.05. The van der Waals surface area contributed by atoms with Crippen LogP contribution in [0.15, 0.2) is 70.3 Å². The van der Waals surface area contributed by atoms with E-state index in [4.69, 9.17) is 20.8 Å². The maximum atomic E-state index is 12.8. The van der Waals surface area contributed by atoms with Crippen molar-refractivity contribution in [3.05, 3.63) is 82.4 Å². The van der Waals surface area contributed by atoms with E-state index in [1.54, 1.807) is 43.3 Å². The number of esters is 1. The third kappa shape index (κ3) is 5.44. The van der Waals surface area contributed by atoms with E-state index < -0.39 is 17.8 Å². The van der Waals surface area contributed by atoms with Gasteiger partial charge in [0.05, 0.1) is 24.8 Å². The number of halogens is 1. The zero-order valence-electron chi connectivity index (χ0n) is 18.5. The number of allylic oxidation sites excluding steroid dienone is 1. The van der Waals surface area contributed by atoms with Crippen LogP contribution in [0, 0.1) is 0 Å². The quantitative estimate of drug-likeness (QED) is 0.270. The lowest BCUT2D eigenvalue weighted by Crippen LogP contribution is -2.34. The molecule has 0 saturated heterocycles. The van der Waals surface area contributed by atoms with E-state index in [0.717, 1.165) is 0 Å².